The highest BCUT2D eigenvalue weighted by atomic mass is 35.5. The quantitative estimate of drug-likeness (QED) is 0.688. The van der Waals surface area contributed by atoms with E-state index < -0.39 is 11.6 Å². The molecule has 1 aromatic carbocycles. The number of hydrogen-bond donors (Lipinski definition) is 1. The van der Waals surface area contributed by atoms with Crippen LogP contribution in [0, 0.1) is 16.4 Å². The third-order valence-electron chi connectivity index (χ3n) is 2.60. The van der Waals surface area contributed by atoms with E-state index in [9.17, 15) is 8.78 Å². The molecular formula is C12H6ClF2N3S. The zero-order chi connectivity index (χ0) is 13.6. The van der Waals surface area contributed by atoms with Crippen LogP contribution in [0.4, 0.5) is 8.78 Å². The molecule has 3 rings (SSSR count). The van der Waals surface area contributed by atoms with Crippen molar-refractivity contribution in [1.29, 1.82) is 0 Å². The first-order chi connectivity index (χ1) is 9.04. The smallest absolute Gasteiger partial charge is 0.184 e. The lowest BCUT2D eigenvalue weighted by molar-refractivity contribution is 0.581. The monoisotopic (exact) mass is 297 g/mol. The molecule has 1 N–H and O–H groups in total. The summed E-state index contributed by atoms with van der Waals surface area (Å²) in [6.45, 7) is 0. The number of H-pyrrole nitrogens is 1. The summed E-state index contributed by atoms with van der Waals surface area (Å²) >= 11 is 11.0. The van der Waals surface area contributed by atoms with E-state index in [1.165, 1.54) is 22.9 Å². The van der Waals surface area contributed by atoms with Gasteiger partial charge in [0, 0.05) is 12.3 Å². The van der Waals surface area contributed by atoms with Crippen LogP contribution in [-0.2, 0) is 0 Å². The molecule has 19 heavy (non-hydrogen) atoms. The van der Waals surface area contributed by atoms with Crippen LogP contribution in [0.3, 0.4) is 0 Å². The first-order valence-corrected chi connectivity index (χ1v) is 6.06. The Hall–Kier alpha value is -1.79. The highest BCUT2D eigenvalue weighted by Gasteiger charge is 2.10. The minimum atomic E-state index is -0.680. The van der Waals surface area contributed by atoms with Crippen LogP contribution in [0.1, 0.15) is 0 Å². The van der Waals surface area contributed by atoms with Gasteiger partial charge in [0.2, 0.25) is 0 Å². The van der Waals surface area contributed by atoms with Crippen LogP contribution in [0.2, 0.25) is 5.02 Å². The SMILES string of the molecule is Fc1cc(F)cc(-n2c(=S)[nH]c3cc(Cl)cnc32)c1. The maximum atomic E-state index is 13.3. The number of halogens is 3. The molecule has 0 unspecified atom stereocenters. The molecule has 0 bridgehead atoms. The fourth-order valence-corrected chi connectivity index (χ4v) is 2.34. The van der Waals surface area contributed by atoms with Crippen molar-refractivity contribution in [1.82, 2.24) is 14.5 Å². The fourth-order valence-electron chi connectivity index (χ4n) is 1.88. The highest BCUT2D eigenvalue weighted by molar-refractivity contribution is 7.71. The van der Waals surface area contributed by atoms with Gasteiger partial charge in [-0.1, -0.05) is 11.6 Å². The molecule has 0 aliphatic carbocycles. The molecule has 0 aliphatic rings. The summed E-state index contributed by atoms with van der Waals surface area (Å²) in [5.74, 6) is -1.36. The molecule has 3 nitrogen and oxygen atoms in total. The van der Waals surface area contributed by atoms with Crippen LogP contribution in [-0.4, -0.2) is 14.5 Å². The number of nitrogens with zero attached hydrogens (tertiary/aromatic N) is 2. The van der Waals surface area contributed by atoms with E-state index in [1.807, 2.05) is 0 Å². The average molecular weight is 298 g/mol. The second kappa shape index (κ2) is 4.40. The Bertz CT molecular complexity index is 820. The van der Waals surface area contributed by atoms with Gasteiger partial charge in [0.25, 0.3) is 0 Å². The number of rotatable bonds is 1. The maximum Gasteiger partial charge on any atom is 0.184 e. The molecule has 7 heteroatoms. The number of fused-ring (bicyclic) bond motifs is 1. The van der Waals surface area contributed by atoms with Crippen molar-refractivity contribution in [3.8, 4) is 5.69 Å². The normalized spacial score (nSPS) is 11.1. The van der Waals surface area contributed by atoms with Gasteiger partial charge in [0.1, 0.15) is 11.6 Å². The van der Waals surface area contributed by atoms with E-state index >= 15 is 0 Å². The third-order valence-corrected chi connectivity index (χ3v) is 3.09. The van der Waals surface area contributed by atoms with E-state index in [0.717, 1.165) is 6.07 Å². The molecule has 0 spiro atoms. The second-order valence-corrected chi connectivity index (χ2v) is 4.74. The molecule has 0 saturated heterocycles. The molecular weight excluding hydrogens is 292 g/mol. The molecule has 0 aliphatic heterocycles. The zero-order valence-electron chi connectivity index (χ0n) is 9.32. The van der Waals surface area contributed by atoms with Gasteiger partial charge in [0.05, 0.1) is 16.2 Å². The summed E-state index contributed by atoms with van der Waals surface area (Å²) < 4.78 is 28.3. The fraction of sp³-hybridized carbons (Fsp3) is 0. The topological polar surface area (TPSA) is 33.6 Å². The Morgan fingerprint density at radius 2 is 1.84 bits per heavy atom. The third kappa shape index (κ3) is 2.13. The standard InChI is InChI=1S/C12H6ClF2N3S/c13-6-1-10-11(16-5-6)18(12(19)17-10)9-3-7(14)2-8(15)4-9/h1-5H,(H,17,19). The van der Waals surface area contributed by atoms with Crippen LogP contribution < -0.4 is 0 Å². The van der Waals surface area contributed by atoms with Gasteiger partial charge in [-0.3, -0.25) is 4.57 Å². The van der Waals surface area contributed by atoms with Gasteiger partial charge in [-0.15, -0.1) is 0 Å². The van der Waals surface area contributed by atoms with Gasteiger partial charge in [-0.25, -0.2) is 13.8 Å². The van der Waals surface area contributed by atoms with Crippen molar-refractivity contribution in [3.05, 3.63) is 51.9 Å². The van der Waals surface area contributed by atoms with Gasteiger partial charge in [0.15, 0.2) is 10.4 Å². The Labute approximate surface area is 116 Å². The Balaban J connectivity index is 2.36. The molecule has 2 heterocycles. The number of hydrogen-bond acceptors (Lipinski definition) is 2. The molecule has 2 aromatic heterocycles. The van der Waals surface area contributed by atoms with Gasteiger partial charge < -0.3 is 4.98 Å². The molecule has 0 amide bonds. The van der Waals surface area contributed by atoms with Gasteiger partial charge in [-0.05, 0) is 30.4 Å². The molecule has 0 fully saturated rings. The van der Waals surface area contributed by atoms with Crippen molar-refractivity contribution in [2.45, 2.75) is 0 Å². The predicted octanol–water partition coefficient (Wildman–Crippen LogP) is 4.01. The Morgan fingerprint density at radius 1 is 1.16 bits per heavy atom. The first kappa shape index (κ1) is 12.3. The summed E-state index contributed by atoms with van der Waals surface area (Å²) in [5.41, 5.74) is 1.32. The summed E-state index contributed by atoms with van der Waals surface area (Å²) in [6.07, 6.45) is 1.44. The summed E-state index contributed by atoms with van der Waals surface area (Å²) in [7, 11) is 0. The largest absolute Gasteiger partial charge is 0.329 e. The molecule has 3 aromatic rings. The molecule has 96 valence electrons. The number of aromatic nitrogens is 3. The zero-order valence-corrected chi connectivity index (χ0v) is 10.9. The number of benzene rings is 1. The van der Waals surface area contributed by atoms with Gasteiger partial charge in [-0.2, -0.15) is 0 Å². The number of imidazole rings is 1. The van der Waals surface area contributed by atoms with Crippen molar-refractivity contribution >= 4 is 35.0 Å². The van der Waals surface area contributed by atoms with Crippen LogP contribution in [0.5, 0.6) is 0 Å². The second-order valence-electron chi connectivity index (χ2n) is 3.92. The molecule has 0 radical (unpaired) electrons. The van der Waals surface area contributed by atoms with Crippen molar-refractivity contribution in [3.63, 3.8) is 0 Å². The number of nitrogens with one attached hydrogen (secondary N) is 1. The van der Waals surface area contributed by atoms with Crippen molar-refractivity contribution in [2.75, 3.05) is 0 Å². The van der Waals surface area contributed by atoms with Crippen LogP contribution in [0.25, 0.3) is 16.9 Å². The average Bonchev–Trinajstić information content (AvgIpc) is 2.62. The van der Waals surface area contributed by atoms with Crippen molar-refractivity contribution < 1.29 is 8.78 Å². The lowest BCUT2D eigenvalue weighted by atomic mass is 10.3. The van der Waals surface area contributed by atoms with Gasteiger partial charge >= 0.3 is 0 Å². The number of pyridine rings is 1. The first-order valence-electron chi connectivity index (χ1n) is 5.27. The minimum absolute atomic E-state index is 0.267. The summed E-state index contributed by atoms with van der Waals surface area (Å²) in [5, 5.41) is 0.446. The predicted molar refractivity (Wildman–Crippen MR) is 71.2 cm³/mol. The van der Waals surface area contributed by atoms with Crippen molar-refractivity contribution in [2.24, 2.45) is 0 Å². The Kier molecular flexibility index (Phi) is 2.83. The van der Waals surface area contributed by atoms with E-state index in [1.54, 1.807) is 6.07 Å². The number of aromatic amines is 1. The van der Waals surface area contributed by atoms with Crippen LogP contribution >= 0.6 is 23.8 Å². The van der Waals surface area contributed by atoms with E-state index in [4.69, 9.17) is 23.8 Å². The lowest BCUT2D eigenvalue weighted by Crippen LogP contribution is -1.97. The van der Waals surface area contributed by atoms with Crippen LogP contribution in [0.15, 0.2) is 30.5 Å². The minimum Gasteiger partial charge on any atom is -0.329 e. The maximum absolute atomic E-state index is 13.3. The highest BCUT2D eigenvalue weighted by Crippen LogP contribution is 2.21. The van der Waals surface area contributed by atoms with E-state index in [2.05, 4.69) is 9.97 Å². The summed E-state index contributed by atoms with van der Waals surface area (Å²) in [6, 6.07) is 4.81. The van der Waals surface area contributed by atoms with E-state index in [-0.39, 0.29) is 10.5 Å². The molecule has 0 atom stereocenters. The molecule has 0 saturated carbocycles. The van der Waals surface area contributed by atoms with E-state index in [0.29, 0.717) is 16.2 Å². The lowest BCUT2D eigenvalue weighted by Gasteiger charge is -2.04. The Morgan fingerprint density at radius 3 is 2.53 bits per heavy atom. The summed E-state index contributed by atoms with van der Waals surface area (Å²) in [4.78, 5) is 7.02.